The summed E-state index contributed by atoms with van der Waals surface area (Å²) in [6, 6.07) is 7.33. The van der Waals surface area contributed by atoms with E-state index in [0.717, 1.165) is 12.1 Å². The predicted octanol–water partition coefficient (Wildman–Crippen LogP) is 2.88. The summed E-state index contributed by atoms with van der Waals surface area (Å²) < 4.78 is 43.8. The molecule has 1 aromatic heterocycles. The number of pyridine rings is 1. The Morgan fingerprint density at radius 3 is 2.65 bits per heavy atom. The molecule has 140 valence electrons. The van der Waals surface area contributed by atoms with Gasteiger partial charge in [-0.1, -0.05) is 12.1 Å². The third-order valence-electron chi connectivity index (χ3n) is 3.43. The van der Waals surface area contributed by atoms with Crippen LogP contribution in [0.4, 0.5) is 24.7 Å². The lowest BCUT2D eigenvalue weighted by Crippen LogP contribution is -2.34. The Hall–Kier alpha value is -2.88. The van der Waals surface area contributed by atoms with Crippen molar-refractivity contribution in [3.8, 4) is 5.75 Å². The molecule has 0 aliphatic carbocycles. The molecule has 0 fully saturated rings. The second-order valence-electron chi connectivity index (χ2n) is 5.44. The first kappa shape index (κ1) is 19.4. The molecule has 2 rings (SSSR count). The lowest BCUT2D eigenvalue weighted by Gasteiger charge is -2.22. The Kier molecular flexibility index (Phi) is 5.98. The fourth-order valence-corrected chi connectivity index (χ4v) is 2.29. The molecule has 7 nitrogen and oxygen atoms in total. The molecule has 10 heteroatoms. The average Bonchev–Trinajstić information content (AvgIpc) is 2.59. The van der Waals surface area contributed by atoms with Gasteiger partial charge in [0, 0.05) is 25.9 Å². The van der Waals surface area contributed by atoms with Crippen LogP contribution < -0.4 is 9.64 Å². The lowest BCUT2D eigenvalue weighted by atomic mass is 10.2. The summed E-state index contributed by atoms with van der Waals surface area (Å²) in [4.78, 5) is 15.6. The van der Waals surface area contributed by atoms with E-state index < -0.39 is 35.1 Å². The molecule has 1 N–H and O–H groups in total. The molecule has 2 aromatic rings. The van der Waals surface area contributed by atoms with E-state index in [0.29, 0.717) is 0 Å². The van der Waals surface area contributed by atoms with E-state index in [1.807, 2.05) is 0 Å². The molecule has 1 heterocycles. The van der Waals surface area contributed by atoms with Gasteiger partial charge in [-0.05, 0) is 18.2 Å². The quantitative estimate of drug-likeness (QED) is 0.595. The maximum atomic E-state index is 12.9. The van der Waals surface area contributed by atoms with Gasteiger partial charge in [0.25, 0.3) is 0 Å². The normalized spacial score (nSPS) is 12.5. The number of ether oxygens (including phenoxy) is 1. The molecule has 0 amide bonds. The van der Waals surface area contributed by atoms with Gasteiger partial charge in [0.1, 0.15) is 18.5 Å². The molecular formula is C16H16F3N3O4. The van der Waals surface area contributed by atoms with Crippen molar-refractivity contribution >= 4 is 11.5 Å². The fourth-order valence-electron chi connectivity index (χ4n) is 2.29. The molecule has 0 spiro atoms. The maximum absolute atomic E-state index is 12.9. The molecule has 0 saturated heterocycles. The molecule has 0 bridgehead atoms. The number of para-hydroxylation sites is 1. The third-order valence-corrected chi connectivity index (χ3v) is 3.43. The Labute approximate surface area is 146 Å². The van der Waals surface area contributed by atoms with E-state index in [1.165, 1.54) is 42.4 Å². The minimum atomic E-state index is -4.58. The number of hydrogen-bond acceptors (Lipinski definition) is 6. The number of nitro groups is 1. The van der Waals surface area contributed by atoms with Crippen LogP contribution in [0.2, 0.25) is 0 Å². The van der Waals surface area contributed by atoms with Gasteiger partial charge >= 0.3 is 11.9 Å². The van der Waals surface area contributed by atoms with Crippen molar-refractivity contribution in [1.82, 2.24) is 4.98 Å². The van der Waals surface area contributed by atoms with E-state index in [1.54, 1.807) is 0 Å². The van der Waals surface area contributed by atoms with Gasteiger partial charge in [-0.2, -0.15) is 13.2 Å². The summed E-state index contributed by atoms with van der Waals surface area (Å²) >= 11 is 0. The summed E-state index contributed by atoms with van der Waals surface area (Å²) in [6.07, 6.45) is -4.41. The Bertz CT molecular complexity index is 770. The number of aromatic nitrogens is 1. The molecule has 1 atom stereocenters. The van der Waals surface area contributed by atoms with Crippen molar-refractivity contribution < 1.29 is 27.9 Å². The van der Waals surface area contributed by atoms with E-state index >= 15 is 0 Å². The zero-order chi connectivity index (χ0) is 19.3. The van der Waals surface area contributed by atoms with Crippen LogP contribution in [-0.4, -0.2) is 41.3 Å². The van der Waals surface area contributed by atoms with Gasteiger partial charge in [0.2, 0.25) is 5.82 Å². The number of halogens is 3. The van der Waals surface area contributed by atoms with Gasteiger partial charge in [-0.3, -0.25) is 10.1 Å². The highest BCUT2D eigenvalue weighted by molar-refractivity contribution is 5.56. The molecule has 0 radical (unpaired) electrons. The third kappa shape index (κ3) is 4.82. The van der Waals surface area contributed by atoms with E-state index in [9.17, 15) is 28.4 Å². The second-order valence-corrected chi connectivity index (χ2v) is 5.44. The van der Waals surface area contributed by atoms with Gasteiger partial charge in [-0.25, -0.2) is 4.98 Å². The van der Waals surface area contributed by atoms with Crippen LogP contribution in [0.1, 0.15) is 5.56 Å². The van der Waals surface area contributed by atoms with Crippen molar-refractivity contribution in [1.29, 1.82) is 0 Å². The molecule has 0 aliphatic heterocycles. The first-order valence-corrected chi connectivity index (χ1v) is 7.47. The van der Waals surface area contributed by atoms with E-state index in [4.69, 9.17) is 4.74 Å². The van der Waals surface area contributed by atoms with Crippen LogP contribution in [0.5, 0.6) is 5.75 Å². The van der Waals surface area contributed by atoms with E-state index in [-0.39, 0.29) is 18.1 Å². The molecule has 26 heavy (non-hydrogen) atoms. The molecule has 0 saturated carbocycles. The van der Waals surface area contributed by atoms with Crippen LogP contribution >= 0.6 is 0 Å². The fraction of sp³-hybridized carbons (Fsp3) is 0.312. The van der Waals surface area contributed by atoms with Gasteiger partial charge in [0.15, 0.2) is 0 Å². The summed E-state index contributed by atoms with van der Waals surface area (Å²) in [5.41, 5.74) is -1.19. The standard InChI is InChI=1S/C16H16F3N3O4/c1-21(15-13(22(24)25)6-4-8-20-15)9-11(23)10-26-14-7-3-2-5-12(14)16(17,18)19/h2-8,11,23H,9-10H2,1H3. The van der Waals surface area contributed by atoms with Crippen molar-refractivity contribution in [3.05, 3.63) is 58.3 Å². The second kappa shape index (κ2) is 8.00. The monoisotopic (exact) mass is 371 g/mol. The largest absolute Gasteiger partial charge is 0.490 e. The molecule has 1 unspecified atom stereocenters. The molecule has 0 aliphatic rings. The summed E-state index contributed by atoms with van der Waals surface area (Å²) in [7, 11) is 1.47. The van der Waals surface area contributed by atoms with Crippen molar-refractivity contribution in [2.75, 3.05) is 25.1 Å². The maximum Gasteiger partial charge on any atom is 0.419 e. The predicted molar refractivity (Wildman–Crippen MR) is 87.1 cm³/mol. The molecule has 1 aromatic carbocycles. The van der Waals surface area contributed by atoms with Crippen molar-refractivity contribution in [2.45, 2.75) is 12.3 Å². The number of alkyl halides is 3. The zero-order valence-corrected chi connectivity index (χ0v) is 13.7. The number of rotatable bonds is 7. The number of benzene rings is 1. The van der Waals surface area contributed by atoms with Crippen LogP contribution in [0.15, 0.2) is 42.6 Å². The van der Waals surface area contributed by atoms with Crippen LogP contribution in [-0.2, 0) is 6.18 Å². The number of hydrogen-bond donors (Lipinski definition) is 1. The number of aliphatic hydroxyl groups is 1. The van der Waals surface area contributed by atoms with E-state index in [2.05, 4.69) is 4.98 Å². The number of nitrogens with zero attached hydrogens (tertiary/aromatic N) is 3. The SMILES string of the molecule is CN(CC(O)COc1ccccc1C(F)(F)F)c1ncccc1[N+](=O)[O-]. The lowest BCUT2D eigenvalue weighted by molar-refractivity contribution is -0.384. The summed E-state index contributed by atoms with van der Waals surface area (Å²) in [5.74, 6) is -0.363. The van der Waals surface area contributed by atoms with Gasteiger partial charge in [0.05, 0.1) is 10.5 Å². The minimum Gasteiger partial charge on any atom is -0.490 e. The van der Waals surface area contributed by atoms with Crippen molar-refractivity contribution in [2.24, 2.45) is 0 Å². The minimum absolute atomic E-state index is 0.0345. The molecular weight excluding hydrogens is 355 g/mol. The topological polar surface area (TPSA) is 88.7 Å². The average molecular weight is 371 g/mol. The first-order chi connectivity index (χ1) is 12.2. The number of anilines is 1. The number of aliphatic hydroxyl groups excluding tert-OH is 1. The van der Waals surface area contributed by atoms with Gasteiger partial charge in [-0.15, -0.1) is 0 Å². The Balaban J connectivity index is 2.02. The number of likely N-dealkylation sites (N-methyl/N-ethyl adjacent to an activating group) is 1. The smallest absolute Gasteiger partial charge is 0.419 e. The highest BCUT2D eigenvalue weighted by Gasteiger charge is 2.34. The Morgan fingerprint density at radius 2 is 2.00 bits per heavy atom. The van der Waals surface area contributed by atoms with Gasteiger partial charge < -0.3 is 14.7 Å². The van der Waals surface area contributed by atoms with Crippen molar-refractivity contribution in [3.63, 3.8) is 0 Å². The van der Waals surface area contributed by atoms with Crippen LogP contribution in [0, 0.1) is 10.1 Å². The first-order valence-electron chi connectivity index (χ1n) is 7.47. The van der Waals surface area contributed by atoms with Crippen LogP contribution in [0.25, 0.3) is 0 Å². The highest BCUT2D eigenvalue weighted by Crippen LogP contribution is 2.35. The zero-order valence-electron chi connectivity index (χ0n) is 13.7. The highest BCUT2D eigenvalue weighted by atomic mass is 19.4. The Morgan fingerprint density at radius 1 is 1.31 bits per heavy atom. The van der Waals surface area contributed by atoms with Crippen LogP contribution in [0.3, 0.4) is 0 Å². The summed E-state index contributed by atoms with van der Waals surface area (Å²) in [5, 5.41) is 21.0. The summed E-state index contributed by atoms with van der Waals surface area (Å²) in [6.45, 7) is -0.538.